The molecule has 4 heteroatoms. The van der Waals surface area contributed by atoms with Gasteiger partial charge in [-0.15, -0.1) is 0 Å². The minimum Gasteiger partial charge on any atom is -0.458 e. The zero-order valence-corrected chi connectivity index (χ0v) is 19.0. The largest absolute Gasteiger partial charge is 0.458 e. The van der Waals surface area contributed by atoms with Gasteiger partial charge in [-0.3, -0.25) is 4.79 Å². The number of hydrogen-bond donors (Lipinski definition) is 0. The molecule has 0 radical (unpaired) electrons. The molecule has 0 aromatic heterocycles. The van der Waals surface area contributed by atoms with Crippen LogP contribution >= 0.6 is 7.92 Å². The van der Waals surface area contributed by atoms with E-state index in [1.807, 2.05) is 13.8 Å². The molecule has 0 rings (SSSR count). The van der Waals surface area contributed by atoms with Gasteiger partial charge >= 0.3 is 5.97 Å². The van der Waals surface area contributed by atoms with Gasteiger partial charge in [0.2, 0.25) is 0 Å². The zero-order valence-electron chi connectivity index (χ0n) is 18.1. The maximum atomic E-state index is 12.7. The molecule has 0 aromatic rings. The van der Waals surface area contributed by atoms with E-state index < -0.39 is 13.5 Å². The fourth-order valence-electron chi connectivity index (χ4n) is 4.20. The van der Waals surface area contributed by atoms with E-state index in [0.717, 1.165) is 0 Å². The Bertz CT molecular complexity index is 413. The number of hydrogen-bond acceptors (Lipinski definition) is 3. The molecule has 25 heavy (non-hydrogen) atoms. The Balaban J connectivity index is 5.60. The van der Waals surface area contributed by atoms with Gasteiger partial charge in [0.15, 0.2) is 0 Å². The second-order valence-corrected chi connectivity index (χ2v) is 11.7. The molecule has 0 saturated heterocycles. The highest BCUT2D eigenvalue weighted by Crippen LogP contribution is 2.56. The van der Waals surface area contributed by atoms with E-state index >= 15 is 0 Å². The van der Waals surface area contributed by atoms with Crippen molar-refractivity contribution in [2.24, 2.45) is 23.7 Å². The molecule has 0 fully saturated rings. The average Bonchev–Trinajstić information content (AvgIpc) is 2.34. The molecule has 0 aromatic carbocycles. The van der Waals surface area contributed by atoms with Gasteiger partial charge in [0.1, 0.15) is 5.60 Å². The predicted molar refractivity (Wildman–Crippen MR) is 109 cm³/mol. The third-order valence-electron chi connectivity index (χ3n) is 4.70. The quantitative estimate of drug-likeness (QED) is 0.347. The standard InChI is InChI=1S/C21H40NO2P/c1-14(2)19(15(3)4)25(20(16(5)6)17(7)8)13-18(23)24-21(9,10)11-12-22/h14-17,19-20H,11,13H2,1-10H3. The monoisotopic (exact) mass is 369 g/mol. The molecule has 0 amide bonds. The lowest BCUT2D eigenvalue weighted by atomic mass is 9.99. The Morgan fingerprint density at radius 1 is 0.920 bits per heavy atom. The van der Waals surface area contributed by atoms with E-state index in [1.165, 1.54) is 0 Å². The molecule has 0 aliphatic rings. The zero-order chi connectivity index (χ0) is 19.9. The Kier molecular flexibility index (Phi) is 10.3. The highest BCUT2D eigenvalue weighted by atomic mass is 31.1. The molecule has 0 saturated carbocycles. The van der Waals surface area contributed by atoms with Crippen LogP contribution in [0.25, 0.3) is 0 Å². The van der Waals surface area contributed by atoms with Crippen molar-refractivity contribution >= 4 is 13.9 Å². The maximum Gasteiger partial charge on any atom is 0.310 e. The van der Waals surface area contributed by atoms with Crippen LogP contribution in [0.2, 0.25) is 0 Å². The first-order valence-corrected chi connectivity index (χ1v) is 11.3. The summed E-state index contributed by atoms with van der Waals surface area (Å²) in [6.07, 6.45) is 0.735. The van der Waals surface area contributed by atoms with E-state index in [1.54, 1.807) is 0 Å². The van der Waals surface area contributed by atoms with Crippen molar-refractivity contribution in [3.63, 3.8) is 0 Å². The molecule has 0 aliphatic heterocycles. The molecule has 0 aliphatic carbocycles. The van der Waals surface area contributed by atoms with E-state index in [0.29, 0.717) is 41.2 Å². The summed E-state index contributed by atoms with van der Waals surface area (Å²) in [6.45, 7) is 21.9. The topological polar surface area (TPSA) is 50.1 Å². The van der Waals surface area contributed by atoms with Gasteiger partial charge in [-0.2, -0.15) is 5.26 Å². The average molecular weight is 370 g/mol. The smallest absolute Gasteiger partial charge is 0.310 e. The molecule has 146 valence electrons. The van der Waals surface area contributed by atoms with Crippen molar-refractivity contribution in [1.29, 1.82) is 5.26 Å². The highest BCUT2D eigenvalue weighted by molar-refractivity contribution is 7.60. The van der Waals surface area contributed by atoms with Gasteiger partial charge in [-0.25, -0.2) is 0 Å². The van der Waals surface area contributed by atoms with Crippen molar-refractivity contribution < 1.29 is 9.53 Å². The van der Waals surface area contributed by atoms with Crippen LogP contribution < -0.4 is 0 Å². The molecule has 0 unspecified atom stereocenters. The van der Waals surface area contributed by atoms with Gasteiger partial charge in [-0.05, 0) is 48.8 Å². The molecule has 0 atom stereocenters. The van der Waals surface area contributed by atoms with Gasteiger partial charge in [0, 0.05) is 0 Å². The molecule has 0 bridgehead atoms. The van der Waals surface area contributed by atoms with Gasteiger partial charge in [-0.1, -0.05) is 63.3 Å². The van der Waals surface area contributed by atoms with E-state index in [4.69, 9.17) is 10.00 Å². The first-order chi connectivity index (χ1) is 11.3. The lowest BCUT2D eigenvalue weighted by molar-refractivity contribution is -0.152. The van der Waals surface area contributed by atoms with Crippen LogP contribution in [0.4, 0.5) is 0 Å². The summed E-state index contributed by atoms with van der Waals surface area (Å²) < 4.78 is 5.68. The van der Waals surface area contributed by atoms with Crippen LogP contribution in [0, 0.1) is 35.0 Å². The van der Waals surface area contributed by atoms with E-state index in [-0.39, 0.29) is 12.4 Å². The van der Waals surface area contributed by atoms with Crippen molar-refractivity contribution in [2.75, 3.05) is 6.16 Å². The summed E-state index contributed by atoms with van der Waals surface area (Å²) >= 11 is 0. The number of nitrogens with zero attached hydrogens (tertiary/aromatic N) is 1. The van der Waals surface area contributed by atoms with Crippen LogP contribution in [0.1, 0.15) is 75.7 Å². The number of ether oxygens (including phenoxy) is 1. The Morgan fingerprint density at radius 2 is 1.28 bits per heavy atom. The number of esters is 1. The number of carbonyl (C=O) groups is 1. The summed E-state index contributed by atoms with van der Waals surface area (Å²) in [7, 11) is -0.504. The Morgan fingerprint density at radius 3 is 1.56 bits per heavy atom. The lowest BCUT2D eigenvalue weighted by Crippen LogP contribution is -2.35. The summed E-state index contributed by atoms with van der Waals surface area (Å²) in [5, 5.41) is 8.93. The van der Waals surface area contributed by atoms with Crippen LogP contribution in [0.3, 0.4) is 0 Å². The molecular formula is C21H40NO2P. The number of nitriles is 1. The fourth-order valence-corrected chi connectivity index (χ4v) is 8.44. The minimum atomic E-state index is -0.705. The van der Waals surface area contributed by atoms with Crippen LogP contribution in [0.5, 0.6) is 0 Å². The maximum absolute atomic E-state index is 12.7. The fraction of sp³-hybridized carbons (Fsp3) is 0.905. The first-order valence-electron chi connectivity index (χ1n) is 9.68. The lowest BCUT2D eigenvalue weighted by Gasteiger charge is -2.42. The normalized spacial score (nSPS) is 13.0. The molecular weight excluding hydrogens is 329 g/mol. The third-order valence-corrected chi connectivity index (χ3v) is 9.24. The Hall–Kier alpha value is -0.610. The first kappa shape index (κ1) is 24.4. The minimum absolute atomic E-state index is 0.135. The molecule has 0 N–H and O–H groups in total. The van der Waals surface area contributed by atoms with Crippen LogP contribution in [-0.4, -0.2) is 29.1 Å². The van der Waals surface area contributed by atoms with Crippen LogP contribution in [0.15, 0.2) is 0 Å². The van der Waals surface area contributed by atoms with Crippen LogP contribution in [-0.2, 0) is 9.53 Å². The number of rotatable bonds is 10. The second-order valence-electron chi connectivity index (χ2n) is 9.20. The third kappa shape index (κ3) is 8.08. The summed E-state index contributed by atoms with van der Waals surface area (Å²) in [5.74, 6) is 2.05. The van der Waals surface area contributed by atoms with Crippen molar-refractivity contribution in [3.05, 3.63) is 0 Å². The highest BCUT2D eigenvalue weighted by Gasteiger charge is 2.38. The molecule has 0 spiro atoms. The van der Waals surface area contributed by atoms with Gasteiger partial charge in [0.25, 0.3) is 0 Å². The summed E-state index contributed by atoms with van der Waals surface area (Å²) in [4.78, 5) is 12.7. The van der Waals surface area contributed by atoms with E-state index in [2.05, 4.69) is 61.5 Å². The summed E-state index contributed by atoms with van der Waals surface area (Å²) in [5.41, 5.74) is 0.372. The van der Waals surface area contributed by atoms with Gasteiger partial charge < -0.3 is 4.74 Å². The summed E-state index contributed by atoms with van der Waals surface area (Å²) in [6, 6.07) is 2.11. The Labute approximate surface area is 157 Å². The SMILES string of the molecule is CC(C)C(C(C)C)P(CC(=O)OC(C)(C)CC#N)C(C(C)C)C(C)C. The van der Waals surface area contributed by atoms with Gasteiger partial charge in [0.05, 0.1) is 18.7 Å². The van der Waals surface area contributed by atoms with E-state index in [9.17, 15) is 4.79 Å². The number of carbonyl (C=O) groups excluding carboxylic acids is 1. The molecule has 0 heterocycles. The predicted octanol–water partition coefficient (Wildman–Crippen LogP) is 6.06. The second kappa shape index (κ2) is 10.5. The van der Waals surface area contributed by atoms with Crippen molar-refractivity contribution in [3.8, 4) is 6.07 Å². The van der Waals surface area contributed by atoms with Crippen molar-refractivity contribution in [1.82, 2.24) is 0 Å². The molecule has 3 nitrogen and oxygen atoms in total. The van der Waals surface area contributed by atoms with Crippen molar-refractivity contribution in [2.45, 2.75) is 92.6 Å².